The van der Waals surface area contributed by atoms with Gasteiger partial charge >= 0.3 is 5.97 Å². The van der Waals surface area contributed by atoms with Gasteiger partial charge in [0.25, 0.3) is 0 Å². The molecule has 1 aliphatic rings. The molecule has 13 nitrogen and oxygen atoms in total. The number of imidazole rings is 1. The highest BCUT2D eigenvalue weighted by molar-refractivity contribution is 5.81. The molecule has 1 unspecified atom stereocenters. The Morgan fingerprint density at radius 1 is 1.11 bits per heavy atom. The lowest BCUT2D eigenvalue weighted by atomic mass is 9.98. The van der Waals surface area contributed by atoms with E-state index in [-0.39, 0.29) is 18.3 Å². The molecular weight excluding hydrogens is 480 g/mol. The highest BCUT2D eigenvalue weighted by Gasteiger charge is 2.45. The van der Waals surface area contributed by atoms with Crippen LogP contribution in [-0.2, 0) is 16.1 Å². The maximum absolute atomic E-state index is 11.2. The van der Waals surface area contributed by atoms with Crippen molar-refractivity contribution in [3.05, 3.63) is 48.5 Å². The van der Waals surface area contributed by atoms with E-state index in [0.717, 1.165) is 6.54 Å². The molecule has 200 valence electrons. The van der Waals surface area contributed by atoms with E-state index in [2.05, 4.69) is 25.6 Å². The number of aromatic nitrogens is 4. The Morgan fingerprint density at radius 3 is 2.65 bits per heavy atom. The molecule has 0 radical (unpaired) electrons. The van der Waals surface area contributed by atoms with Gasteiger partial charge in [0.05, 0.1) is 12.4 Å². The van der Waals surface area contributed by atoms with Crippen molar-refractivity contribution in [1.82, 2.24) is 30.2 Å². The minimum Gasteiger partial charge on any atom is -0.480 e. The maximum atomic E-state index is 11.2. The lowest BCUT2D eigenvalue weighted by molar-refractivity contribution is -0.138. The SMILES string of the molecule is Nc1ncnc2c1ncn2[C@@H]1O[C@H](C[C@H](CC[C@H](N)C(=O)O)NCCNCc2ccccc2)C(O)[C@@H]1O. The monoisotopic (exact) mass is 514 g/mol. The normalized spacial score (nSPS) is 23.3. The van der Waals surface area contributed by atoms with Gasteiger partial charge in [-0.3, -0.25) is 9.36 Å². The molecule has 3 aromatic rings. The van der Waals surface area contributed by atoms with Gasteiger partial charge in [-0.1, -0.05) is 30.3 Å². The van der Waals surface area contributed by atoms with Gasteiger partial charge in [0, 0.05) is 25.7 Å². The summed E-state index contributed by atoms with van der Waals surface area (Å²) in [6, 6.07) is 8.83. The summed E-state index contributed by atoms with van der Waals surface area (Å²) in [6.45, 7) is 2.01. The van der Waals surface area contributed by atoms with Crippen LogP contribution in [0.5, 0.6) is 0 Å². The van der Waals surface area contributed by atoms with Gasteiger partial charge in [-0.05, 0) is 24.8 Å². The lowest BCUT2D eigenvalue weighted by Crippen LogP contribution is -2.41. The van der Waals surface area contributed by atoms with Crippen LogP contribution in [0.2, 0.25) is 0 Å². The Hall–Kier alpha value is -3.20. The van der Waals surface area contributed by atoms with E-state index in [1.807, 2.05) is 30.3 Å². The van der Waals surface area contributed by atoms with E-state index < -0.39 is 36.6 Å². The molecule has 13 heteroatoms. The van der Waals surface area contributed by atoms with E-state index in [4.69, 9.17) is 16.2 Å². The van der Waals surface area contributed by atoms with Crippen molar-refractivity contribution in [1.29, 1.82) is 0 Å². The molecule has 0 bridgehead atoms. The number of nitrogen functional groups attached to an aromatic ring is 1. The molecule has 1 fully saturated rings. The number of carbonyl (C=O) groups is 1. The summed E-state index contributed by atoms with van der Waals surface area (Å²) in [6.07, 6.45) is -0.256. The van der Waals surface area contributed by atoms with Crippen LogP contribution >= 0.6 is 0 Å². The first-order chi connectivity index (χ1) is 17.8. The van der Waals surface area contributed by atoms with Gasteiger partial charge in [0.15, 0.2) is 17.7 Å². The van der Waals surface area contributed by atoms with Crippen molar-refractivity contribution >= 4 is 23.0 Å². The zero-order chi connectivity index (χ0) is 26.4. The third-order valence-corrected chi connectivity index (χ3v) is 6.57. The molecule has 6 atom stereocenters. The second-order valence-corrected chi connectivity index (χ2v) is 9.20. The van der Waals surface area contributed by atoms with Gasteiger partial charge in [-0.25, -0.2) is 15.0 Å². The topological polar surface area (TPSA) is 207 Å². The third-order valence-electron chi connectivity index (χ3n) is 6.57. The molecule has 0 saturated carbocycles. The Labute approximate surface area is 213 Å². The lowest BCUT2D eigenvalue weighted by Gasteiger charge is -2.24. The van der Waals surface area contributed by atoms with Crippen molar-refractivity contribution in [2.24, 2.45) is 5.73 Å². The van der Waals surface area contributed by atoms with E-state index in [9.17, 15) is 20.1 Å². The number of fused-ring (bicyclic) bond motifs is 1. The molecule has 9 N–H and O–H groups in total. The number of anilines is 1. The number of hydrogen-bond acceptors (Lipinski definition) is 11. The Balaban J connectivity index is 1.37. The van der Waals surface area contributed by atoms with Crippen LogP contribution in [0, 0.1) is 0 Å². The van der Waals surface area contributed by atoms with Crippen LogP contribution in [0.25, 0.3) is 11.2 Å². The highest BCUT2D eigenvalue weighted by atomic mass is 16.6. The first-order valence-electron chi connectivity index (χ1n) is 12.3. The molecule has 1 aromatic carbocycles. The van der Waals surface area contributed by atoms with Crippen molar-refractivity contribution < 1.29 is 24.9 Å². The average Bonchev–Trinajstić information content (AvgIpc) is 3.44. The third kappa shape index (κ3) is 6.57. The fraction of sp³-hybridized carbons (Fsp3) is 0.500. The predicted octanol–water partition coefficient (Wildman–Crippen LogP) is -0.642. The summed E-state index contributed by atoms with van der Waals surface area (Å²) in [7, 11) is 0. The van der Waals surface area contributed by atoms with Crippen LogP contribution in [0.1, 0.15) is 31.1 Å². The van der Waals surface area contributed by atoms with Crippen molar-refractivity contribution in [3.8, 4) is 0 Å². The average molecular weight is 515 g/mol. The standard InChI is InChI=1S/C24H34N8O5/c25-16(24(35)36)7-6-15(28-9-8-27-11-14-4-2-1-3-5-14)10-17-19(33)20(34)23(37-17)32-13-31-18-21(26)29-12-30-22(18)32/h1-5,12-13,15-17,19-20,23,27-28,33-34H,6-11,25H2,(H,35,36)(H2,26,29,30)/t15-,16-,17+,19?,20-,23+/m0/s1. The number of benzene rings is 1. The first kappa shape index (κ1) is 26.9. The number of aliphatic hydroxyl groups is 2. The summed E-state index contributed by atoms with van der Waals surface area (Å²) in [5, 5.41) is 37.5. The number of aliphatic hydroxyl groups excluding tert-OH is 2. The summed E-state index contributed by atoms with van der Waals surface area (Å²) in [4.78, 5) is 23.5. The number of ether oxygens (including phenoxy) is 1. The number of hydrogen-bond donors (Lipinski definition) is 7. The van der Waals surface area contributed by atoms with E-state index in [1.54, 1.807) is 0 Å². The molecule has 1 saturated heterocycles. The van der Waals surface area contributed by atoms with Gasteiger partial charge < -0.3 is 42.2 Å². The highest BCUT2D eigenvalue weighted by Crippen LogP contribution is 2.34. The smallest absolute Gasteiger partial charge is 0.320 e. The fourth-order valence-electron chi connectivity index (χ4n) is 4.49. The van der Waals surface area contributed by atoms with Gasteiger partial charge in [-0.15, -0.1) is 0 Å². The molecule has 3 heterocycles. The Morgan fingerprint density at radius 2 is 1.89 bits per heavy atom. The minimum atomic E-state index is -1.23. The Kier molecular flexibility index (Phi) is 8.97. The first-order valence-corrected chi connectivity index (χ1v) is 12.3. The number of carboxylic acids is 1. The van der Waals surface area contributed by atoms with Gasteiger partial charge in [0.2, 0.25) is 0 Å². The van der Waals surface area contributed by atoms with Crippen LogP contribution in [-0.4, -0.2) is 84.3 Å². The second-order valence-electron chi connectivity index (χ2n) is 9.20. The summed E-state index contributed by atoms with van der Waals surface area (Å²) in [5.41, 5.74) is 13.5. The van der Waals surface area contributed by atoms with Crippen LogP contribution < -0.4 is 22.1 Å². The largest absolute Gasteiger partial charge is 0.480 e. The summed E-state index contributed by atoms with van der Waals surface area (Å²) >= 11 is 0. The molecular formula is C24H34N8O5. The maximum Gasteiger partial charge on any atom is 0.320 e. The zero-order valence-electron chi connectivity index (χ0n) is 20.3. The molecule has 2 aromatic heterocycles. The van der Waals surface area contributed by atoms with Crippen molar-refractivity contribution in [2.75, 3.05) is 18.8 Å². The minimum absolute atomic E-state index is 0.202. The molecule has 37 heavy (non-hydrogen) atoms. The van der Waals surface area contributed by atoms with E-state index >= 15 is 0 Å². The molecule has 0 aliphatic carbocycles. The van der Waals surface area contributed by atoms with Gasteiger partial charge in [-0.2, -0.15) is 0 Å². The summed E-state index contributed by atoms with van der Waals surface area (Å²) in [5.74, 6) is -0.864. The number of aliphatic carboxylic acids is 1. The zero-order valence-corrected chi connectivity index (χ0v) is 20.3. The molecule has 0 amide bonds. The molecule has 4 rings (SSSR count). The van der Waals surface area contributed by atoms with E-state index in [1.165, 1.54) is 22.8 Å². The molecule has 1 aliphatic heterocycles. The number of rotatable bonds is 13. The quantitative estimate of drug-likeness (QED) is 0.142. The summed E-state index contributed by atoms with van der Waals surface area (Å²) < 4.78 is 7.59. The van der Waals surface area contributed by atoms with Crippen LogP contribution in [0.4, 0.5) is 5.82 Å². The van der Waals surface area contributed by atoms with Crippen LogP contribution in [0.3, 0.4) is 0 Å². The van der Waals surface area contributed by atoms with Crippen LogP contribution in [0.15, 0.2) is 43.0 Å². The predicted molar refractivity (Wildman–Crippen MR) is 135 cm³/mol. The van der Waals surface area contributed by atoms with Crippen molar-refractivity contribution in [3.63, 3.8) is 0 Å². The number of nitrogens with zero attached hydrogens (tertiary/aromatic N) is 4. The fourth-order valence-corrected chi connectivity index (χ4v) is 4.49. The van der Waals surface area contributed by atoms with E-state index in [0.29, 0.717) is 37.1 Å². The van der Waals surface area contributed by atoms with Gasteiger partial charge in [0.1, 0.15) is 30.1 Å². The Bertz CT molecular complexity index is 1160. The van der Waals surface area contributed by atoms with Crippen molar-refractivity contribution in [2.45, 2.75) is 62.4 Å². The second kappa shape index (κ2) is 12.4. The molecule has 0 spiro atoms. The number of nitrogens with two attached hydrogens (primary N) is 2. The number of carboxylic acid groups (broad SMARTS) is 1. The number of nitrogens with one attached hydrogen (secondary N) is 2.